The van der Waals surface area contributed by atoms with E-state index in [2.05, 4.69) is 22.9 Å². The van der Waals surface area contributed by atoms with Crippen LogP contribution < -0.4 is 0 Å². The third kappa shape index (κ3) is 3.54. The number of fused-ring (bicyclic) bond motifs is 1. The molecule has 29 heavy (non-hydrogen) atoms. The van der Waals surface area contributed by atoms with E-state index in [1.54, 1.807) is 15.9 Å². The summed E-state index contributed by atoms with van der Waals surface area (Å²) < 4.78 is 2.15. The number of carbonyl (C=O) groups excluding carboxylic acids is 1. The number of thiocarbonyl (C=S) groups is 1. The molecule has 0 saturated carbocycles. The van der Waals surface area contributed by atoms with Crippen molar-refractivity contribution in [1.82, 2.24) is 14.4 Å². The molecule has 0 unspecified atom stereocenters. The zero-order valence-electron chi connectivity index (χ0n) is 16.0. The van der Waals surface area contributed by atoms with Crippen LogP contribution in [-0.4, -0.2) is 39.0 Å². The zero-order chi connectivity index (χ0) is 20.7. The van der Waals surface area contributed by atoms with E-state index < -0.39 is 0 Å². The fourth-order valence-electron chi connectivity index (χ4n) is 3.59. The summed E-state index contributed by atoms with van der Waals surface area (Å²) in [4.78, 5) is 16.1. The van der Waals surface area contributed by atoms with Crippen molar-refractivity contribution in [3.8, 4) is 0 Å². The molecule has 1 aliphatic rings. The van der Waals surface area contributed by atoms with E-state index in [4.69, 9.17) is 35.4 Å². The van der Waals surface area contributed by atoms with Gasteiger partial charge in [-0.1, -0.05) is 47.5 Å². The summed E-state index contributed by atoms with van der Waals surface area (Å²) in [7, 11) is 1.83. The lowest BCUT2D eigenvalue weighted by Crippen LogP contribution is -2.30. The van der Waals surface area contributed by atoms with Crippen molar-refractivity contribution in [2.45, 2.75) is 13.5 Å². The van der Waals surface area contributed by atoms with Gasteiger partial charge in [0.25, 0.3) is 5.91 Å². The number of aromatic nitrogens is 1. The van der Waals surface area contributed by atoms with Crippen LogP contribution in [0.5, 0.6) is 0 Å². The molecule has 4 rings (SSSR count). The number of benzene rings is 2. The summed E-state index contributed by atoms with van der Waals surface area (Å²) in [6.07, 6.45) is 3.97. The Kier molecular flexibility index (Phi) is 5.38. The van der Waals surface area contributed by atoms with Crippen molar-refractivity contribution in [3.63, 3.8) is 0 Å². The van der Waals surface area contributed by atoms with Gasteiger partial charge in [-0.25, -0.2) is 0 Å². The van der Waals surface area contributed by atoms with Crippen LogP contribution in [0.3, 0.4) is 0 Å². The van der Waals surface area contributed by atoms with Crippen molar-refractivity contribution < 1.29 is 4.79 Å². The lowest BCUT2D eigenvalue weighted by atomic mass is 10.1. The Morgan fingerprint density at radius 1 is 1.10 bits per heavy atom. The van der Waals surface area contributed by atoms with E-state index in [1.165, 1.54) is 0 Å². The Hall–Kier alpha value is -2.34. The molecule has 0 bridgehead atoms. The summed E-state index contributed by atoms with van der Waals surface area (Å²) >= 11 is 17.6. The molecule has 3 aromatic rings. The number of hydrogen-bond donors (Lipinski definition) is 0. The Morgan fingerprint density at radius 2 is 1.86 bits per heavy atom. The molecule has 0 radical (unpaired) electrons. The highest BCUT2D eigenvalue weighted by molar-refractivity contribution is 7.80. The number of halogens is 2. The molecule has 0 atom stereocenters. The molecule has 2 aromatic carbocycles. The maximum Gasteiger partial charge on any atom is 0.276 e. The van der Waals surface area contributed by atoms with Crippen LogP contribution >= 0.6 is 35.4 Å². The number of nitrogens with zero attached hydrogens (tertiary/aromatic N) is 3. The number of carbonyl (C=O) groups is 1. The Morgan fingerprint density at radius 3 is 2.55 bits per heavy atom. The van der Waals surface area contributed by atoms with Crippen LogP contribution in [0.2, 0.25) is 10.0 Å². The number of amides is 1. The summed E-state index contributed by atoms with van der Waals surface area (Å²) in [5, 5.41) is 2.68. The third-order valence-electron chi connectivity index (χ3n) is 5.11. The Bertz CT molecular complexity index is 1170. The third-order valence-corrected chi connectivity index (χ3v) is 6.34. The second kappa shape index (κ2) is 7.82. The van der Waals surface area contributed by atoms with Gasteiger partial charge >= 0.3 is 0 Å². The first-order valence-corrected chi connectivity index (χ1v) is 10.4. The second-order valence-electron chi connectivity index (χ2n) is 6.90. The maximum absolute atomic E-state index is 12.8. The molecule has 0 N–H and O–H groups in total. The number of likely N-dealkylation sites (N-methyl/N-ethyl adjacent to an activating group) is 2. The minimum atomic E-state index is -0.0682. The largest absolute Gasteiger partial charge is 0.342 e. The first-order valence-electron chi connectivity index (χ1n) is 9.23. The van der Waals surface area contributed by atoms with Gasteiger partial charge in [0, 0.05) is 42.8 Å². The van der Waals surface area contributed by atoms with Gasteiger partial charge in [0.15, 0.2) is 5.11 Å². The van der Waals surface area contributed by atoms with Crippen LogP contribution in [0.25, 0.3) is 17.0 Å². The molecular formula is C22H19Cl2N3OS. The van der Waals surface area contributed by atoms with Crippen molar-refractivity contribution in [1.29, 1.82) is 0 Å². The van der Waals surface area contributed by atoms with Crippen molar-refractivity contribution in [3.05, 3.63) is 75.5 Å². The fourth-order valence-corrected chi connectivity index (χ4v) is 4.22. The monoisotopic (exact) mass is 443 g/mol. The minimum Gasteiger partial charge on any atom is -0.342 e. The number of hydrogen-bond acceptors (Lipinski definition) is 2. The predicted octanol–water partition coefficient (Wildman–Crippen LogP) is 5.42. The number of rotatable bonds is 4. The van der Waals surface area contributed by atoms with Gasteiger partial charge in [-0.15, -0.1) is 0 Å². The Labute approximate surface area is 184 Å². The van der Waals surface area contributed by atoms with E-state index in [0.717, 1.165) is 22.0 Å². The molecule has 7 heteroatoms. The lowest BCUT2D eigenvalue weighted by molar-refractivity contribution is -0.122. The molecular weight excluding hydrogens is 425 g/mol. The zero-order valence-corrected chi connectivity index (χ0v) is 18.4. The molecule has 0 spiro atoms. The minimum absolute atomic E-state index is 0.0682. The van der Waals surface area contributed by atoms with Crippen LogP contribution in [0.4, 0.5) is 0 Å². The van der Waals surface area contributed by atoms with Crippen LogP contribution in [0.15, 0.2) is 54.4 Å². The molecule has 148 valence electrons. The van der Waals surface area contributed by atoms with Crippen molar-refractivity contribution in [2.75, 3.05) is 13.6 Å². The average molecular weight is 444 g/mol. The molecule has 4 nitrogen and oxygen atoms in total. The lowest BCUT2D eigenvalue weighted by Gasteiger charge is -2.13. The van der Waals surface area contributed by atoms with Gasteiger partial charge < -0.3 is 9.47 Å². The standard InChI is InChI=1S/C22H19Cl2N3OS/c1-3-27-21(28)20(25(2)22(27)29)11-15-13-26(19-7-5-4-6-16(15)19)12-14-8-9-17(23)18(24)10-14/h4-11,13H,3,12H2,1-2H3/b20-11-. The molecule has 1 aromatic heterocycles. The van der Waals surface area contributed by atoms with E-state index in [9.17, 15) is 4.79 Å². The summed E-state index contributed by atoms with van der Waals surface area (Å²) in [6.45, 7) is 3.12. The van der Waals surface area contributed by atoms with E-state index in [1.807, 2.05) is 44.3 Å². The van der Waals surface area contributed by atoms with Gasteiger partial charge in [-0.05, 0) is 49.0 Å². The fraction of sp³-hybridized carbons (Fsp3) is 0.182. The quantitative estimate of drug-likeness (QED) is 0.398. The van der Waals surface area contributed by atoms with Crippen LogP contribution in [-0.2, 0) is 11.3 Å². The molecule has 1 aliphatic heterocycles. The van der Waals surface area contributed by atoms with Gasteiger partial charge in [0.05, 0.1) is 10.0 Å². The molecule has 1 fully saturated rings. The molecule has 2 heterocycles. The van der Waals surface area contributed by atoms with Gasteiger partial charge in [-0.3, -0.25) is 9.69 Å². The van der Waals surface area contributed by atoms with Gasteiger partial charge in [-0.2, -0.15) is 0 Å². The molecule has 0 aliphatic carbocycles. The summed E-state index contributed by atoms with van der Waals surface area (Å²) in [6, 6.07) is 13.8. The van der Waals surface area contributed by atoms with Crippen LogP contribution in [0.1, 0.15) is 18.1 Å². The average Bonchev–Trinajstić information content (AvgIpc) is 3.15. The predicted molar refractivity (Wildman–Crippen MR) is 123 cm³/mol. The smallest absolute Gasteiger partial charge is 0.276 e. The maximum atomic E-state index is 12.8. The molecule has 1 saturated heterocycles. The molecule has 1 amide bonds. The van der Waals surface area contributed by atoms with E-state index in [0.29, 0.717) is 33.9 Å². The second-order valence-corrected chi connectivity index (χ2v) is 8.08. The highest BCUT2D eigenvalue weighted by atomic mass is 35.5. The van der Waals surface area contributed by atoms with Gasteiger partial charge in [0.2, 0.25) is 0 Å². The van der Waals surface area contributed by atoms with Crippen molar-refractivity contribution >= 4 is 63.4 Å². The van der Waals surface area contributed by atoms with E-state index >= 15 is 0 Å². The Balaban J connectivity index is 1.78. The first-order chi connectivity index (χ1) is 13.9. The van der Waals surface area contributed by atoms with Crippen LogP contribution in [0, 0.1) is 0 Å². The highest BCUT2D eigenvalue weighted by Gasteiger charge is 2.34. The SMILES string of the molecule is CCN1C(=O)/C(=C/c2cn(Cc3ccc(Cl)c(Cl)c3)c3ccccc23)N(C)C1=S. The van der Waals surface area contributed by atoms with E-state index in [-0.39, 0.29) is 5.91 Å². The van der Waals surface area contributed by atoms with Crippen molar-refractivity contribution in [2.24, 2.45) is 0 Å². The topological polar surface area (TPSA) is 28.5 Å². The normalized spacial score (nSPS) is 15.9. The summed E-state index contributed by atoms with van der Waals surface area (Å²) in [5.74, 6) is -0.0682. The number of para-hydroxylation sites is 1. The highest BCUT2D eigenvalue weighted by Crippen LogP contribution is 2.29. The first kappa shape index (κ1) is 20.0. The summed E-state index contributed by atoms with van der Waals surface area (Å²) in [5.41, 5.74) is 3.67. The van der Waals surface area contributed by atoms with Gasteiger partial charge in [0.1, 0.15) is 5.70 Å².